The average Bonchev–Trinajstić information content (AvgIpc) is 3.11. The van der Waals surface area contributed by atoms with E-state index in [0.29, 0.717) is 40.2 Å². The second-order valence-corrected chi connectivity index (χ2v) is 4.55. The first kappa shape index (κ1) is 14.8. The zero-order chi connectivity index (χ0) is 16.2. The molecule has 0 spiro atoms. The number of aromatic nitrogens is 3. The van der Waals surface area contributed by atoms with Gasteiger partial charge in [0.25, 0.3) is 5.89 Å². The summed E-state index contributed by atoms with van der Waals surface area (Å²) in [4.78, 5) is 8.57. The molecule has 23 heavy (non-hydrogen) atoms. The molecule has 0 aliphatic carbocycles. The van der Waals surface area contributed by atoms with E-state index in [2.05, 4.69) is 15.1 Å². The van der Waals surface area contributed by atoms with Gasteiger partial charge in [-0.3, -0.25) is 4.98 Å². The monoisotopic (exact) mass is 313 g/mol. The molecule has 1 aromatic carbocycles. The Bertz CT molecular complexity index is 802. The van der Waals surface area contributed by atoms with Crippen LogP contribution in [0.1, 0.15) is 0 Å². The Kier molecular flexibility index (Phi) is 4.09. The van der Waals surface area contributed by atoms with Gasteiger partial charge < -0.3 is 18.7 Å². The van der Waals surface area contributed by atoms with Crippen molar-refractivity contribution in [2.24, 2.45) is 0 Å². The van der Waals surface area contributed by atoms with E-state index in [1.54, 1.807) is 45.7 Å². The lowest BCUT2D eigenvalue weighted by molar-refractivity contribution is 0.348. The number of methoxy groups -OCH3 is 3. The highest BCUT2D eigenvalue weighted by atomic mass is 16.5. The van der Waals surface area contributed by atoms with Gasteiger partial charge in [0.2, 0.25) is 5.82 Å². The summed E-state index contributed by atoms with van der Waals surface area (Å²) in [5.74, 6) is 2.35. The Hall–Kier alpha value is -3.09. The molecule has 0 atom stereocenters. The van der Waals surface area contributed by atoms with E-state index in [1.165, 1.54) is 0 Å². The molecule has 0 aliphatic heterocycles. The minimum Gasteiger partial charge on any atom is -0.496 e. The lowest BCUT2D eigenvalue weighted by atomic mass is 10.1. The molecule has 3 aromatic rings. The van der Waals surface area contributed by atoms with Crippen LogP contribution in [-0.4, -0.2) is 36.5 Å². The molecule has 0 fully saturated rings. The number of benzene rings is 1. The van der Waals surface area contributed by atoms with E-state index >= 15 is 0 Å². The molecule has 0 saturated heterocycles. The van der Waals surface area contributed by atoms with Gasteiger partial charge in [-0.1, -0.05) is 11.2 Å². The van der Waals surface area contributed by atoms with Crippen molar-refractivity contribution in [2.45, 2.75) is 0 Å². The Morgan fingerprint density at radius 3 is 2.30 bits per heavy atom. The van der Waals surface area contributed by atoms with Crippen molar-refractivity contribution in [3.63, 3.8) is 0 Å². The number of rotatable bonds is 5. The third kappa shape index (κ3) is 2.80. The van der Waals surface area contributed by atoms with Crippen LogP contribution in [0, 0.1) is 0 Å². The van der Waals surface area contributed by atoms with Crippen molar-refractivity contribution in [2.75, 3.05) is 21.3 Å². The summed E-state index contributed by atoms with van der Waals surface area (Å²) in [6, 6.07) is 8.92. The number of hydrogen-bond donors (Lipinski definition) is 0. The molecule has 118 valence electrons. The maximum absolute atomic E-state index is 5.38. The van der Waals surface area contributed by atoms with Crippen molar-refractivity contribution >= 4 is 0 Å². The average molecular weight is 313 g/mol. The fraction of sp³-hybridized carbons (Fsp3) is 0.188. The van der Waals surface area contributed by atoms with Crippen LogP contribution in [0.15, 0.2) is 41.1 Å². The number of pyridine rings is 1. The van der Waals surface area contributed by atoms with Gasteiger partial charge in [-0.2, -0.15) is 4.98 Å². The van der Waals surface area contributed by atoms with Gasteiger partial charge in [-0.05, 0) is 12.1 Å². The maximum Gasteiger partial charge on any atom is 0.262 e. The number of hydrogen-bond acceptors (Lipinski definition) is 7. The molecule has 0 bridgehead atoms. The second-order valence-electron chi connectivity index (χ2n) is 4.55. The van der Waals surface area contributed by atoms with Crippen LogP contribution in [0.2, 0.25) is 0 Å². The van der Waals surface area contributed by atoms with Gasteiger partial charge in [-0.25, -0.2) is 0 Å². The van der Waals surface area contributed by atoms with Gasteiger partial charge in [0.15, 0.2) is 11.5 Å². The van der Waals surface area contributed by atoms with Gasteiger partial charge in [0, 0.05) is 18.3 Å². The Balaban J connectivity index is 2.06. The van der Waals surface area contributed by atoms with Crippen molar-refractivity contribution in [1.82, 2.24) is 15.1 Å². The maximum atomic E-state index is 5.38. The summed E-state index contributed by atoms with van der Waals surface area (Å²) in [7, 11) is 4.67. The quantitative estimate of drug-likeness (QED) is 0.716. The van der Waals surface area contributed by atoms with E-state index in [0.717, 1.165) is 0 Å². The third-order valence-electron chi connectivity index (χ3n) is 3.26. The van der Waals surface area contributed by atoms with Crippen molar-refractivity contribution in [1.29, 1.82) is 0 Å². The van der Waals surface area contributed by atoms with Crippen LogP contribution in [0.3, 0.4) is 0 Å². The van der Waals surface area contributed by atoms with Crippen LogP contribution in [0.5, 0.6) is 17.2 Å². The van der Waals surface area contributed by atoms with Gasteiger partial charge >= 0.3 is 0 Å². The van der Waals surface area contributed by atoms with Crippen molar-refractivity contribution in [3.05, 3.63) is 36.5 Å². The zero-order valence-electron chi connectivity index (χ0n) is 12.9. The second kappa shape index (κ2) is 6.35. The van der Waals surface area contributed by atoms with E-state index in [-0.39, 0.29) is 0 Å². The predicted octanol–water partition coefficient (Wildman–Crippen LogP) is 2.82. The van der Waals surface area contributed by atoms with Gasteiger partial charge in [0.05, 0.1) is 26.9 Å². The summed E-state index contributed by atoms with van der Waals surface area (Å²) >= 11 is 0. The summed E-state index contributed by atoms with van der Waals surface area (Å²) in [5, 5.41) is 3.96. The van der Waals surface area contributed by atoms with Gasteiger partial charge in [-0.15, -0.1) is 0 Å². The highest BCUT2D eigenvalue weighted by molar-refractivity contribution is 5.69. The van der Waals surface area contributed by atoms with Gasteiger partial charge in [0.1, 0.15) is 11.4 Å². The number of nitrogens with zero attached hydrogens (tertiary/aromatic N) is 3. The lowest BCUT2D eigenvalue weighted by Crippen LogP contribution is -1.95. The molecule has 0 amide bonds. The topological polar surface area (TPSA) is 79.5 Å². The van der Waals surface area contributed by atoms with Crippen LogP contribution in [-0.2, 0) is 0 Å². The third-order valence-corrected chi connectivity index (χ3v) is 3.26. The van der Waals surface area contributed by atoms with Crippen LogP contribution in [0.4, 0.5) is 0 Å². The van der Waals surface area contributed by atoms with Crippen molar-refractivity contribution in [3.8, 4) is 40.2 Å². The fourth-order valence-corrected chi connectivity index (χ4v) is 2.13. The molecular formula is C16H15N3O4. The highest BCUT2D eigenvalue weighted by Gasteiger charge is 2.19. The molecule has 0 radical (unpaired) electrons. The largest absolute Gasteiger partial charge is 0.496 e. The Labute approximate surface area is 132 Å². The van der Waals surface area contributed by atoms with E-state index in [4.69, 9.17) is 18.7 Å². The van der Waals surface area contributed by atoms with Crippen LogP contribution >= 0.6 is 0 Å². The molecule has 2 heterocycles. The minimum absolute atomic E-state index is 0.309. The zero-order valence-corrected chi connectivity index (χ0v) is 12.9. The standard InChI is InChI=1S/C16H15N3O4/c1-20-12-9-14(22-3)13(21-2)8-10(12)16-18-15(19-23-16)11-6-4-5-7-17-11/h4-9H,1-3H3. The van der Waals surface area contributed by atoms with E-state index in [9.17, 15) is 0 Å². The fourth-order valence-electron chi connectivity index (χ4n) is 2.13. The molecule has 0 saturated carbocycles. The predicted molar refractivity (Wildman–Crippen MR) is 82.6 cm³/mol. The molecule has 0 aliphatic rings. The molecule has 7 nitrogen and oxygen atoms in total. The molecular weight excluding hydrogens is 298 g/mol. The van der Waals surface area contributed by atoms with E-state index in [1.807, 2.05) is 12.1 Å². The summed E-state index contributed by atoms with van der Waals surface area (Å²) < 4.78 is 21.3. The SMILES string of the molecule is COc1cc(OC)c(-c2nc(-c3ccccn3)no2)cc1OC. The summed E-state index contributed by atoms with van der Waals surface area (Å²) in [6.45, 7) is 0. The first-order valence-corrected chi connectivity index (χ1v) is 6.82. The first-order valence-electron chi connectivity index (χ1n) is 6.82. The minimum atomic E-state index is 0.309. The van der Waals surface area contributed by atoms with Crippen LogP contribution < -0.4 is 14.2 Å². The molecule has 7 heteroatoms. The first-order chi connectivity index (χ1) is 11.3. The summed E-state index contributed by atoms with van der Waals surface area (Å²) in [6.07, 6.45) is 1.67. The Morgan fingerprint density at radius 1 is 0.913 bits per heavy atom. The molecule has 0 N–H and O–H groups in total. The van der Waals surface area contributed by atoms with Crippen LogP contribution in [0.25, 0.3) is 23.0 Å². The normalized spacial score (nSPS) is 10.4. The Morgan fingerprint density at radius 2 is 1.65 bits per heavy atom. The number of ether oxygens (including phenoxy) is 3. The van der Waals surface area contributed by atoms with Crippen molar-refractivity contribution < 1.29 is 18.7 Å². The highest BCUT2D eigenvalue weighted by Crippen LogP contribution is 2.39. The molecule has 3 rings (SSSR count). The lowest BCUT2D eigenvalue weighted by Gasteiger charge is -2.11. The van der Waals surface area contributed by atoms with E-state index < -0.39 is 0 Å². The molecule has 2 aromatic heterocycles. The smallest absolute Gasteiger partial charge is 0.262 e. The summed E-state index contributed by atoms with van der Waals surface area (Å²) in [5.41, 5.74) is 1.24. The molecule has 0 unspecified atom stereocenters.